The highest BCUT2D eigenvalue weighted by Crippen LogP contribution is 2.26. The predicted octanol–water partition coefficient (Wildman–Crippen LogP) is 5.59. The number of hydrogen-bond donors (Lipinski definition) is 1. The SMILES string of the molecule is O=C(c1ccc(Cl)cc1O)N(Cc1cccnc1)Cc1cc(Cl)cc(Cl)c1. The van der Waals surface area contributed by atoms with Crippen LogP contribution >= 0.6 is 34.8 Å². The maximum Gasteiger partial charge on any atom is 0.258 e. The van der Waals surface area contributed by atoms with Crippen LogP contribution < -0.4 is 0 Å². The zero-order valence-corrected chi connectivity index (χ0v) is 16.3. The summed E-state index contributed by atoms with van der Waals surface area (Å²) in [5, 5.41) is 11.5. The zero-order valence-electron chi connectivity index (χ0n) is 14.1. The smallest absolute Gasteiger partial charge is 0.258 e. The molecule has 0 aliphatic heterocycles. The molecule has 0 bridgehead atoms. The number of carbonyl (C=O) groups is 1. The molecule has 0 saturated heterocycles. The van der Waals surface area contributed by atoms with Crippen molar-refractivity contribution in [2.24, 2.45) is 0 Å². The van der Waals surface area contributed by atoms with Gasteiger partial charge in [-0.25, -0.2) is 0 Å². The fourth-order valence-corrected chi connectivity index (χ4v) is 3.43. The average Bonchev–Trinajstić information content (AvgIpc) is 2.61. The highest BCUT2D eigenvalue weighted by Gasteiger charge is 2.20. The molecule has 3 rings (SSSR count). The van der Waals surface area contributed by atoms with E-state index in [1.54, 1.807) is 47.6 Å². The molecular weight excluding hydrogens is 407 g/mol. The highest BCUT2D eigenvalue weighted by molar-refractivity contribution is 6.34. The second-order valence-corrected chi connectivity index (χ2v) is 7.27. The van der Waals surface area contributed by atoms with Crippen LogP contribution in [0.1, 0.15) is 21.5 Å². The van der Waals surface area contributed by atoms with Crippen molar-refractivity contribution in [3.63, 3.8) is 0 Å². The number of amides is 1. The number of pyridine rings is 1. The lowest BCUT2D eigenvalue weighted by Crippen LogP contribution is -2.30. The lowest BCUT2D eigenvalue weighted by atomic mass is 10.1. The van der Waals surface area contributed by atoms with Crippen LogP contribution in [0.4, 0.5) is 0 Å². The molecule has 0 spiro atoms. The number of nitrogens with zero attached hydrogens (tertiary/aromatic N) is 2. The summed E-state index contributed by atoms with van der Waals surface area (Å²) < 4.78 is 0. The third-order valence-electron chi connectivity index (χ3n) is 3.87. The van der Waals surface area contributed by atoms with Crippen molar-refractivity contribution in [3.05, 3.63) is 92.7 Å². The van der Waals surface area contributed by atoms with Gasteiger partial charge in [0.15, 0.2) is 0 Å². The first-order valence-electron chi connectivity index (χ1n) is 8.04. The van der Waals surface area contributed by atoms with Crippen molar-refractivity contribution in [1.29, 1.82) is 0 Å². The minimum Gasteiger partial charge on any atom is -0.507 e. The Bertz CT molecular complexity index is 944. The number of carbonyl (C=O) groups excluding carboxylic acids is 1. The molecule has 138 valence electrons. The Morgan fingerprint density at radius 2 is 1.63 bits per heavy atom. The molecule has 0 aliphatic rings. The van der Waals surface area contributed by atoms with Crippen LogP contribution in [0.2, 0.25) is 15.1 Å². The van der Waals surface area contributed by atoms with Crippen LogP contribution in [-0.4, -0.2) is 20.9 Å². The van der Waals surface area contributed by atoms with E-state index in [4.69, 9.17) is 34.8 Å². The van der Waals surface area contributed by atoms with Gasteiger partial charge in [0.1, 0.15) is 5.75 Å². The Morgan fingerprint density at radius 1 is 0.926 bits per heavy atom. The van der Waals surface area contributed by atoms with Gasteiger partial charge in [0, 0.05) is 40.6 Å². The van der Waals surface area contributed by atoms with Gasteiger partial charge in [-0.05, 0) is 53.6 Å². The number of hydrogen-bond acceptors (Lipinski definition) is 3. The first-order chi connectivity index (χ1) is 12.9. The molecule has 7 heteroatoms. The summed E-state index contributed by atoms with van der Waals surface area (Å²) in [6, 6.07) is 13.2. The van der Waals surface area contributed by atoms with Crippen LogP contribution in [-0.2, 0) is 13.1 Å². The molecule has 1 N–H and O–H groups in total. The third kappa shape index (κ3) is 5.13. The van der Waals surface area contributed by atoms with Gasteiger partial charge < -0.3 is 10.0 Å². The summed E-state index contributed by atoms with van der Waals surface area (Å²) in [5.74, 6) is -0.517. The summed E-state index contributed by atoms with van der Waals surface area (Å²) in [5.41, 5.74) is 1.79. The minimum atomic E-state index is -0.343. The van der Waals surface area contributed by atoms with Crippen LogP contribution in [0.5, 0.6) is 5.75 Å². The number of phenols is 1. The molecule has 27 heavy (non-hydrogen) atoms. The van der Waals surface area contributed by atoms with Crippen molar-refractivity contribution in [2.75, 3.05) is 0 Å². The second-order valence-electron chi connectivity index (χ2n) is 5.96. The Kier molecular flexibility index (Phi) is 6.22. The van der Waals surface area contributed by atoms with Crippen molar-refractivity contribution in [3.8, 4) is 5.75 Å². The summed E-state index contributed by atoms with van der Waals surface area (Å²) >= 11 is 18.0. The van der Waals surface area contributed by atoms with Gasteiger partial charge in [0.25, 0.3) is 5.91 Å². The second kappa shape index (κ2) is 8.61. The fourth-order valence-electron chi connectivity index (χ4n) is 2.69. The van der Waals surface area contributed by atoms with Crippen molar-refractivity contribution >= 4 is 40.7 Å². The molecule has 2 aromatic carbocycles. The lowest BCUT2D eigenvalue weighted by Gasteiger charge is -2.24. The molecule has 4 nitrogen and oxygen atoms in total. The zero-order chi connectivity index (χ0) is 19.4. The van der Waals surface area contributed by atoms with Crippen molar-refractivity contribution in [1.82, 2.24) is 9.88 Å². The topological polar surface area (TPSA) is 53.4 Å². The number of benzene rings is 2. The normalized spacial score (nSPS) is 10.6. The van der Waals surface area contributed by atoms with Crippen LogP contribution in [0, 0.1) is 0 Å². The summed E-state index contributed by atoms with van der Waals surface area (Å²) in [7, 11) is 0. The number of phenolic OH excluding ortho intramolecular Hbond substituents is 1. The van der Waals surface area contributed by atoms with E-state index in [0.29, 0.717) is 21.6 Å². The molecule has 0 radical (unpaired) electrons. The Balaban J connectivity index is 1.94. The molecule has 3 aromatic rings. The van der Waals surface area contributed by atoms with Crippen molar-refractivity contribution in [2.45, 2.75) is 13.1 Å². The first kappa shape index (κ1) is 19.5. The monoisotopic (exact) mass is 420 g/mol. The quantitative estimate of drug-likeness (QED) is 0.584. The van der Waals surface area contributed by atoms with Gasteiger partial charge in [-0.2, -0.15) is 0 Å². The van der Waals surface area contributed by atoms with Gasteiger partial charge in [0.05, 0.1) is 5.56 Å². The number of aromatic nitrogens is 1. The highest BCUT2D eigenvalue weighted by atomic mass is 35.5. The molecule has 0 saturated carbocycles. The van der Waals surface area contributed by atoms with E-state index in [0.717, 1.165) is 11.1 Å². The molecule has 0 aliphatic carbocycles. The number of aromatic hydroxyl groups is 1. The van der Waals surface area contributed by atoms with E-state index >= 15 is 0 Å². The van der Waals surface area contributed by atoms with Gasteiger partial charge in [0.2, 0.25) is 0 Å². The lowest BCUT2D eigenvalue weighted by molar-refractivity contribution is 0.0727. The Labute approximate surface area is 171 Å². The molecule has 0 unspecified atom stereocenters. The largest absolute Gasteiger partial charge is 0.507 e. The first-order valence-corrected chi connectivity index (χ1v) is 9.17. The van der Waals surface area contributed by atoms with Crippen LogP contribution in [0.15, 0.2) is 60.9 Å². The summed E-state index contributed by atoms with van der Waals surface area (Å²) in [4.78, 5) is 18.8. The van der Waals surface area contributed by atoms with Crippen LogP contribution in [0.3, 0.4) is 0 Å². The summed E-state index contributed by atoms with van der Waals surface area (Å²) in [6.07, 6.45) is 3.35. The molecular formula is C20H15Cl3N2O2. The number of rotatable bonds is 5. The minimum absolute atomic E-state index is 0.163. The van der Waals surface area contributed by atoms with Gasteiger partial charge in [-0.15, -0.1) is 0 Å². The maximum absolute atomic E-state index is 13.1. The standard InChI is InChI=1S/C20H15Cl3N2O2/c21-15-3-4-18(19(26)9-15)20(27)25(11-13-2-1-5-24-10-13)12-14-6-16(22)8-17(23)7-14/h1-10,26H,11-12H2. The van der Waals surface area contributed by atoms with E-state index in [9.17, 15) is 9.90 Å². The fraction of sp³-hybridized carbons (Fsp3) is 0.100. The van der Waals surface area contributed by atoms with E-state index < -0.39 is 0 Å². The molecule has 0 fully saturated rings. The average molecular weight is 422 g/mol. The molecule has 1 heterocycles. The van der Waals surface area contributed by atoms with E-state index in [1.807, 2.05) is 6.07 Å². The van der Waals surface area contributed by atoms with E-state index in [-0.39, 0.29) is 23.8 Å². The predicted molar refractivity (Wildman–Crippen MR) is 107 cm³/mol. The van der Waals surface area contributed by atoms with E-state index in [2.05, 4.69) is 4.98 Å². The number of halogens is 3. The Hall–Kier alpha value is -2.27. The maximum atomic E-state index is 13.1. The van der Waals surface area contributed by atoms with Gasteiger partial charge >= 0.3 is 0 Å². The van der Waals surface area contributed by atoms with Gasteiger partial charge in [-0.1, -0.05) is 40.9 Å². The van der Waals surface area contributed by atoms with Gasteiger partial charge in [-0.3, -0.25) is 9.78 Å². The van der Waals surface area contributed by atoms with Crippen LogP contribution in [0.25, 0.3) is 0 Å². The van der Waals surface area contributed by atoms with Crippen molar-refractivity contribution < 1.29 is 9.90 Å². The molecule has 1 aromatic heterocycles. The molecule has 0 atom stereocenters. The summed E-state index contributed by atoms with van der Waals surface area (Å²) in [6.45, 7) is 0.564. The Morgan fingerprint density at radius 3 is 2.26 bits per heavy atom. The van der Waals surface area contributed by atoms with E-state index in [1.165, 1.54) is 12.1 Å². The molecule has 1 amide bonds. The third-order valence-corrected chi connectivity index (χ3v) is 4.54.